The molecule has 2 aromatic carbocycles. The Kier molecular flexibility index (Phi) is 6.93. The molecule has 2 aromatic rings. The van der Waals surface area contributed by atoms with Crippen LogP contribution in [-0.2, 0) is 11.2 Å². The van der Waals surface area contributed by atoms with E-state index in [1.54, 1.807) is 0 Å². The Labute approximate surface area is 168 Å². The summed E-state index contributed by atoms with van der Waals surface area (Å²) in [5.74, 6) is 0.983. The average Bonchev–Trinajstić information content (AvgIpc) is 2.68. The largest absolute Gasteiger partial charge is 0.485 e. The molecule has 0 radical (unpaired) electrons. The van der Waals surface area contributed by atoms with Crippen LogP contribution in [0.15, 0.2) is 48.5 Å². The van der Waals surface area contributed by atoms with Crippen LogP contribution in [0.2, 0.25) is 0 Å². The number of nitrogens with one attached hydrogen (secondary N) is 1. The topological polar surface area (TPSA) is 44.8 Å². The van der Waals surface area contributed by atoms with Gasteiger partial charge in [-0.1, -0.05) is 36.4 Å². The predicted molar refractivity (Wildman–Crippen MR) is 114 cm³/mol. The molecule has 5 heteroatoms. The van der Waals surface area contributed by atoms with Crippen molar-refractivity contribution in [3.63, 3.8) is 0 Å². The van der Waals surface area contributed by atoms with E-state index in [1.807, 2.05) is 42.3 Å². The molecule has 0 spiro atoms. The molecular weight excluding hydrogens is 350 g/mol. The minimum atomic E-state index is 0.0552. The van der Waals surface area contributed by atoms with Gasteiger partial charge in [-0.25, -0.2) is 0 Å². The molecule has 1 amide bonds. The molecule has 1 aliphatic rings. The number of aryl methyl sites for hydroxylation is 1. The van der Waals surface area contributed by atoms with Gasteiger partial charge in [0.05, 0.1) is 18.8 Å². The summed E-state index contributed by atoms with van der Waals surface area (Å²) in [5.41, 5.74) is 3.70. The third-order valence-electron chi connectivity index (χ3n) is 5.21. The number of nitrogens with zero attached hydrogens (tertiary/aromatic N) is 2. The highest BCUT2D eigenvalue weighted by Gasteiger charge is 2.25. The van der Waals surface area contributed by atoms with E-state index in [2.05, 4.69) is 42.3 Å². The van der Waals surface area contributed by atoms with Gasteiger partial charge in [-0.3, -0.25) is 9.69 Å². The van der Waals surface area contributed by atoms with E-state index in [9.17, 15) is 4.79 Å². The van der Waals surface area contributed by atoms with Gasteiger partial charge in [0, 0.05) is 19.6 Å². The van der Waals surface area contributed by atoms with Crippen LogP contribution in [0.4, 0.5) is 5.69 Å². The smallest absolute Gasteiger partial charge is 0.234 e. The van der Waals surface area contributed by atoms with Gasteiger partial charge in [0.15, 0.2) is 0 Å². The molecular formula is C23H31N3O2. The fourth-order valence-corrected chi connectivity index (χ4v) is 3.71. The lowest BCUT2D eigenvalue weighted by Gasteiger charge is -2.37. The normalized spacial score (nSPS) is 15.9. The molecule has 1 unspecified atom stereocenters. The summed E-state index contributed by atoms with van der Waals surface area (Å²) in [6, 6.07) is 16.5. The number of hydrogen-bond donors (Lipinski definition) is 1. The first-order chi connectivity index (χ1) is 13.6. The number of carbonyl (C=O) groups is 1. The van der Waals surface area contributed by atoms with Gasteiger partial charge in [-0.05, 0) is 50.6 Å². The van der Waals surface area contributed by atoms with Crippen LogP contribution >= 0.6 is 0 Å². The molecule has 1 aliphatic heterocycles. The molecule has 5 nitrogen and oxygen atoms in total. The van der Waals surface area contributed by atoms with E-state index in [0.717, 1.165) is 37.5 Å². The van der Waals surface area contributed by atoms with Crippen molar-refractivity contribution in [2.45, 2.75) is 26.4 Å². The molecule has 150 valence electrons. The zero-order valence-corrected chi connectivity index (χ0v) is 17.1. The maximum atomic E-state index is 12.3. The average molecular weight is 382 g/mol. The first-order valence-corrected chi connectivity index (χ1v) is 10.1. The quantitative estimate of drug-likeness (QED) is 0.764. The van der Waals surface area contributed by atoms with Gasteiger partial charge < -0.3 is 15.0 Å². The molecule has 0 saturated heterocycles. The number of carbonyl (C=O) groups excluding carboxylic acids is 1. The number of rotatable bonds is 8. The highest BCUT2D eigenvalue weighted by Crippen LogP contribution is 2.32. The van der Waals surface area contributed by atoms with Crippen LogP contribution in [0, 0.1) is 6.92 Å². The lowest BCUT2D eigenvalue weighted by Crippen LogP contribution is -2.47. The molecule has 0 aromatic heterocycles. The number of fused-ring (bicyclic) bond motifs is 1. The Morgan fingerprint density at radius 1 is 1.21 bits per heavy atom. The van der Waals surface area contributed by atoms with Crippen molar-refractivity contribution in [3.8, 4) is 5.75 Å². The van der Waals surface area contributed by atoms with Gasteiger partial charge in [-0.15, -0.1) is 0 Å². The molecule has 3 rings (SSSR count). The van der Waals surface area contributed by atoms with Crippen molar-refractivity contribution in [1.82, 2.24) is 10.2 Å². The Morgan fingerprint density at radius 2 is 1.96 bits per heavy atom. The molecule has 0 saturated carbocycles. The van der Waals surface area contributed by atoms with Crippen LogP contribution in [0.25, 0.3) is 0 Å². The van der Waals surface area contributed by atoms with Crippen molar-refractivity contribution < 1.29 is 9.53 Å². The van der Waals surface area contributed by atoms with E-state index in [-0.39, 0.29) is 12.0 Å². The van der Waals surface area contributed by atoms with Crippen LogP contribution in [0.5, 0.6) is 5.75 Å². The number of anilines is 1. The molecule has 1 N–H and O–H groups in total. The number of ether oxygens (including phenoxy) is 1. The van der Waals surface area contributed by atoms with Crippen molar-refractivity contribution in [2.75, 3.05) is 44.7 Å². The second-order valence-electron chi connectivity index (χ2n) is 7.47. The van der Waals surface area contributed by atoms with Gasteiger partial charge in [0.25, 0.3) is 0 Å². The lowest BCUT2D eigenvalue weighted by atomic mass is 10.1. The Bertz CT molecular complexity index is 793. The number of hydrogen-bond acceptors (Lipinski definition) is 4. The van der Waals surface area contributed by atoms with E-state index < -0.39 is 0 Å². The highest BCUT2D eigenvalue weighted by molar-refractivity contribution is 5.78. The number of para-hydroxylation sites is 2. The van der Waals surface area contributed by atoms with Crippen molar-refractivity contribution >= 4 is 11.6 Å². The van der Waals surface area contributed by atoms with Gasteiger partial charge in [0.1, 0.15) is 11.9 Å². The number of amides is 1. The maximum absolute atomic E-state index is 12.3. The van der Waals surface area contributed by atoms with Crippen molar-refractivity contribution in [1.29, 1.82) is 0 Å². The van der Waals surface area contributed by atoms with Gasteiger partial charge >= 0.3 is 0 Å². The summed E-state index contributed by atoms with van der Waals surface area (Å²) in [6.07, 6.45) is 0.912. The molecule has 1 heterocycles. The fourth-order valence-electron chi connectivity index (χ4n) is 3.71. The Balaban J connectivity index is 1.44. The van der Waals surface area contributed by atoms with Gasteiger partial charge in [-0.2, -0.15) is 0 Å². The minimum Gasteiger partial charge on any atom is -0.485 e. The minimum absolute atomic E-state index is 0.0552. The summed E-state index contributed by atoms with van der Waals surface area (Å²) in [5, 5.41) is 3.03. The summed E-state index contributed by atoms with van der Waals surface area (Å²) < 4.78 is 6.15. The molecule has 0 bridgehead atoms. The van der Waals surface area contributed by atoms with E-state index >= 15 is 0 Å². The first kappa shape index (κ1) is 20.2. The summed E-state index contributed by atoms with van der Waals surface area (Å²) in [4.78, 5) is 16.7. The Morgan fingerprint density at radius 3 is 2.75 bits per heavy atom. The third-order valence-corrected chi connectivity index (χ3v) is 5.21. The summed E-state index contributed by atoms with van der Waals surface area (Å²) in [6.45, 7) is 7.80. The Hall–Kier alpha value is -2.53. The van der Waals surface area contributed by atoms with Crippen molar-refractivity contribution in [2.24, 2.45) is 0 Å². The van der Waals surface area contributed by atoms with Crippen LogP contribution < -0.4 is 15.0 Å². The van der Waals surface area contributed by atoms with E-state index in [0.29, 0.717) is 13.1 Å². The van der Waals surface area contributed by atoms with Crippen LogP contribution in [0.1, 0.15) is 18.1 Å². The first-order valence-electron chi connectivity index (χ1n) is 10.1. The maximum Gasteiger partial charge on any atom is 0.234 e. The van der Waals surface area contributed by atoms with Gasteiger partial charge in [0.2, 0.25) is 5.91 Å². The second kappa shape index (κ2) is 9.60. The third kappa shape index (κ3) is 5.26. The van der Waals surface area contributed by atoms with Crippen LogP contribution in [0.3, 0.4) is 0 Å². The zero-order valence-electron chi connectivity index (χ0n) is 17.1. The van der Waals surface area contributed by atoms with Crippen molar-refractivity contribution in [3.05, 3.63) is 59.7 Å². The standard InChI is InChI=1S/C23H31N3O2/c1-4-26-16-20(28-22-12-8-7-11-21(22)26)15-25(3)17-23(27)24-14-13-19-10-6-5-9-18(19)2/h5-12,20H,4,13-17H2,1-3H3,(H,24,27). The highest BCUT2D eigenvalue weighted by atomic mass is 16.5. The number of benzene rings is 2. The molecule has 28 heavy (non-hydrogen) atoms. The monoisotopic (exact) mass is 381 g/mol. The number of likely N-dealkylation sites (N-methyl/N-ethyl adjacent to an activating group) is 2. The summed E-state index contributed by atoms with van der Waals surface area (Å²) in [7, 11) is 1.97. The molecule has 0 fully saturated rings. The van der Waals surface area contributed by atoms with Crippen LogP contribution in [-0.4, -0.2) is 56.7 Å². The second-order valence-corrected chi connectivity index (χ2v) is 7.47. The summed E-state index contributed by atoms with van der Waals surface area (Å²) >= 11 is 0. The molecule has 0 aliphatic carbocycles. The lowest BCUT2D eigenvalue weighted by molar-refractivity contribution is -0.122. The molecule has 1 atom stereocenters. The zero-order chi connectivity index (χ0) is 19.9. The SMILES string of the molecule is CCN1CC(CN(C)CC(=O)NCCc2ccccc2C)Oc2ccccc21. The predicted octanol–water partition coefficient (Wildman–Crippen LogP) is 2.87. The van der Waals surface area contributed by atoms with E-state index in [4.69, 9.17) is 4.74 Å². The fraction of sp³-hybridized carbons (Fsp3) is 0.435. The van der Waals surface area contributed by atoms with E-state index in [1.165, 1.54) is 11.1 Å².